The van der Waals surface area contributed by atoms with Crippen LogP contribution in [0.15, 0.2) is 0 Å². The molecule has 1 rings (SSSR count). The SMILES string of the molecule is C1CCOCC1.NO. The van der Waals surface area contributed by atoms with E-state index in [4.69, 9.17) is 9.94 Å². The van der Waals surface area contributed by atoms with Gasteiger partial charge in [0.15, 0.2) is 0 Å². The molecule has 0 atom stereocenters. The van der Waals surface area contributed by atoms with E-state index in [1.165, 1.54) is 19.3 Å². The molecule has 1 saturated heterocycles. The third-order valence-corrected chi connectivity index (χ3v) is 1.08. The van der Waals surface area contributed by atoms with E-state index in [9.17, 15) is 0 Å². The Morgan fingerprint density at radius 3 is 1.62 bits per heavy atom. The molecule has 1 heterocycles. The molecule has 0 unspecified atom stereocenters. The van der Waals surface area contributed by atoms with Crippen LogP contribution in [0.5, 0.6) is 0 Å². The number of ether oxygens (including phenoxy) is 1. The highest BCUT2D eigenvalue weighted by Crippen LogP contribution is 2.01. The third-order valence-electron chi connectivity index (χ3n) is 1.08. The van der Waals surface area contributed by atoms with E-state index >= 15 is 0 Å². The van der Waals surface area contributed by atoms with Crippen LogP contribution in [0.1, 0.15) is 19.3 Å². The third kappa shape index (κ3) is 4.05. The number of rotatable bonds is 0. The molecule has 0 radical (unpaired) electrons. The molecule has 3 N–H and O–H groups in total. The van der Waals surface area contributed by atoms with Gasteiger partial charge in [-0.25, -0.2) is 5.90 Å². The van der Waals surface area contributed by atoms with Gasteiger partial charge >= 0.3 is 0 Å². The van der Waals surface area contributed by atoms with E-state index in [-0.39, 0.29) is 0 Å². The zero-order valence-corrected chi connectivity index (χ0v) is 4.97. The molecule has 1 aliphatic heterocycles. The van der Waals surface area contributed by atoms with E-state index in [1.807, 2.05) is 0 Å². The summed E-state index contributed by atoms with van der Waals surface area (Å²) < 4.78 is 5.07. The molecular weight excluding hydrogens is 106 g/mol. The maximum absolute atomic E-state index is 6.50. The summed E-state index contributed by atoms with van der Waals surface area (Å²) >= 11 is 0. The molecule has 0 spiro atoms. The summed E-state index contributed by atoms with van der Waals surface area (Å²) in [6.45, 7) is 2.00. The molecule has 3 heteroatoms. The molecule has 3 nitrogen and oxygen atoms in total. The number of hydrogen-bond donors (Lipinski definition) is 2. The first kappa shape index (κ1) is 7.88. The predicted molar refractivity (Wildman–Crippen MR) is 30.6 cm³/mol. The van der Waals surface area contributed by atoms with Gasteiger partial charge in [-0.3, -0.25) is 0 Å². The topological polar surface area (TPSA) is 55.5 Å². The van der Waals surface area contributed by atoms with Crippen molar-refractivity contribution in [2.75, 3.05) is 13.2 Å². The van der Waals surface area contributed by atoms with Crippen molar-refractivity contribution < 1.29 is 9.94 Å². The standard InChI is InChI=1S/C5H10O.H3NO/c1-2-4-6-5-3-1;1-2/h1-5H2;2H,1H2. The lowest BCUT2D eigenvalue weighted by atomic mass is 10.2. The van der Waals surface area contributed by atoms with Crippen LogP contribution < -0.4 is 5.90 Å². The average molecular weight is 119 g/mol. The molecule has 0 aromatic rings. The molecular formula is C5H13NO2. The number of nitrogens with two attached hydrogens (primary N) is 1. The highest BCUT2D eigenvalue weighted by Gasteiger charge is 1.94. The van der Waals surface area contributed by atoms with Gasteiger partial charge in [0.1, 0.15) is 0 Å². The molecule has 0 amide bonds. The summed E-state index contributed by atoms with van der Waals surface area (Å²) in [7, 11) is 0. The first-order valence-corrected chi connectivity index (χ1v) is 2.84. The van der Waals surface area contributed by atoms with Gasteiger partial charge in [0.25, 0.3) is 0 Å². The molecule has 8 heavy (non-hydrogen) atoms. The van der Waals surface area contributed by atoms with Gasteiger partial charge in [-0.15, -0.1) is 0 Å². The van der Waals surface area contributed by atoms with Gasteiger partial charge in [0, 0.05) is 13.2 Å². The Morgan fingerprint density at radius 2 is 1.50 bits per heavy atom. The summed E-state index contributed by atoms with van der Waals surface area (Å²) in [5, 5.41) is 6.50. The van der Waals surface area contributed by atoms with Crippen LogP contribution >= 0.6 is 0 Å². The van der Waals surface area contributed by atoms with Crippen molar-refractivity contribution in [3.05, 3.63) is 0 Å². The average Bonchev–Trinajstić information content (AvgIpc) is 1.96. The van der Waals surface area contributed by atoms with Gasteiger partial charge < -0.3 is 9.94 Å². The Kier molecular flexibility index (Phi) is 6.78. The van der Waals surface area contributed by atoms with Crippen molar-refractivity contribution in [2.45, 2.75) is 19.3 Å². The summed E-state index contributed by atoms with van der Waals surface area (Å²) in [4.78, 5) is 0. The minimum absolute atomic E-state index is 1.00. The van der Waals surface area contributed by atoms with Crippen LogP contribution in [-0.2, 0) is 4.74 Å². The van der Waals surface area contributed by atoms with Crippen LogP contribution in [0.2, 0.25) is 0 Å². The van der Waals surface area contributed by atoms with Crippen molar-refractivity contribution in [1.82, 2.24) is 0 Å². The highest BCUT2D eigenvalue weighted by molar-refractivity contribution is 4.45. The van der Waals surface area contributed by atoms with Crippen LogP contribution in [0.25, 0.3) is 0 Å². The monoisotopic (exact) mass is 119 g/mol. The summed E-state index contributed by atoms with van der Waals surface area (Å²) in [6.07, 6.45) is 3.93. The first-order chi connectivity index (χ1) is 4.00. The van der Waals surface area contributed by atoms with Crippen molar-refractivity contribution in [2.24, 2.45) is 5.90 Å². The fourth-order valence-electron chi connectivity index (χ4n) is 0.687. The largest absolute Gasteiger partial charge is 0.381 e. The van der Waals surface area contributed by atoms with Gasteiger partial charge in [-0.1, -0.05) is 0 Å². The van der Waals surface area contributed by atoms with Crippen molar-refractivity contribution in [3.8, 4) is 0 Å². The van der Waals surface area contributed by atoms with E-state index in [2.05, 4.69) is 5.90 Å². The molecule has 0 aromatic carbocycles. The van der Waals surface area contributed by atoms with E-state index in [0.717, 1.165) is 13.2 Å². The maximum Gasteiger partial charge on any atom is 0.0466 e. The predicted octanol–water partition coefficient (Wildman–Crippen LogP) is 0.521. The highest BCUT2D eigenvalue weighted by atomic mass is 16.5. The van der Waals surface area contributed by atoms with Crippen molar-refractivity contribution in [3.63, 3.8) is 0 Å². The van der Waals surface area contributed by atoms with E-state index in [1.54, 1.807) is 0 Å². The smallest absolute Gasteiger partial charge is 0.0466 e. The van der Waals surface area contributed by atoms with Crippen molar-refractivity contribution in [1.29, 1.82) is 0 Å². The molecule has 50 valence electrons. The Balaban J connectivity index is 0.000000222. The van der Waals surface area contributed by atoms with E-state index < -0.39 is 0 Å². The molecule has 1 fully saturated rings. The fraction of sp³-hybridized carbons (Fsp3) is 1.00. The first-order valence-electron chi connectivity index (χ1n) is 2.84. The molecule has 0 aromatic heterocycles. The van der Waals surface area contributed by atoms with Gasteiger partial charge in [-0.05, 0) is 19.3 Å². The van der Waals surface area contributed by atoms with Crippen molar-refractivity contribution >= 4 is 0 Å². The van der Waals surface area contributed by atoms with Gasteiger partial charge in [0.2, 0.25) is 0 Å². The zero-order valence-electron chi connectivity index (χ0n) is 4.97. The molecule has 0 saturated carbocycles. The minimum Gasteiger partial charge on any atom is -0.381 e. The zero-order chi connectivity index (χ0) is 6.24. The second-order valence-electron chi connectivity index (χ2n) is 1.67. The fourth-order valence-corrected chi connectivity index (χ4v) is 0.687. The normalized spacial score (nSPS) is 18.8. The Morgan fingerprint density at radius 1 is 1.00 bits per heavy atom. The lowest BCUT2D eigenvalue weighted by molar-refractivity contribution is 0.0968. The molecule has 0 aliphatic carbocycles. The second-order valence-corrected chi connectivity index (χ2v) is 1.67. The quantitative estimate of drug-likeness (QED) is 0.457. The second kappa shape index (κ2) is 6.88. The van der Waals surface area contributed by atoms with Crippen LogP contribution in [0.4, 0.5) is 0 Å². The van der Waals surface area contributed by atoms with Crippen LogP contribution in [-0.4, -0.2) is 18.4 Å². The van der Waals surface area contributed by atoms with Gasteiger partial charge in [-0.2, -0.15) is 0 Å². The number of hydrogen-bond acceptors (Lipinski definition) is 3. The Labute approximate surface area is 49.4 Å². The van der Waals surface area contributed by atoms with Crippen LogP contribution in [0, 0.1) is 0 Å². The molecule has 1 aliphatic rings. The maximum atomic E-state index is 6.50. The van der Waals surface area contributed by atoms with E-state index in [0.29, 0.717) is 0 Å². The summed E-state index contributed by atoms with van der Waals surface area (Å²) in [6, 6.07) is 0. The lowest BCUT2D eigenvalue weighted by Crippen LogP contribution is -2.03. The Bertz CT molecular complexity index is 25.9. The summed E-state index contributed by atoms with van der Waals surface area (Å²) in [5.74, 6) is 3.50. The summed E-state index contributed by atoms with van der Waals surface area (Å²) in [5.41, 5.74) is 0. The van der Waals surface area contributed by atoms with Crippen LogP contribution in [0.3, 0.4) is 0 Å². The lowest BCUT2D eigenvalue weighted by Gasteiger charge is -2.08. The van der Waals surface area contributed by atoms with Gasteiger partial charge in [0.05, 0.1) is 0 Å². The Hall–Kier alpha value is -0.120. The molecule has 0 bridgehead atoms. The minimum atomic E-state index is 1.00.